The number of carbonyl (C=O) groups excluding carboxylic acids is 1. The third-order valence-corrected chi connectivity index (χ3v) is 5.30. The van der Waals surface area contributed by atoms with Gasteiger partial charge in [-0.3, -0.25) is 4.79 Å². The van der Waals surface area contributed by atoms with Gasteiger partial charge < -0.3 is 10.6 Å². The number of rotatable bonds is 7. The monoisotopic (exact) mass is 334 g/mol. The molecule has 2 aromatic rings. The summed E-state index contributed by atoms with van der Waals surface area (Å²) in [5, 5.41) is 15.3. The molecule has 0 saturated heterocycles. The maximum atomic E-state index is 12.0. The first-order chi connectivity index (χ1) is 10.7. The zero-order chi connectivity index (χ0) is 15.4. The normalized spacial score (nSPS) is 15.3. The number of hydrogen-bond acceptors (Lipinski definition) is 6. The molecule has 5 nitrogen and oxygen atoms in total. The maximum Gasteiger partial charge on any atom is 0.230 e. The fourth-order valence-electron chi connectivity index (χ4n) is 1.96. The first-order valence-corrected chi connectivity index (χ1v) is 9.08. The van der Waals surface area contributed by atoms with Gasteiger partial charge in [-0.25, -0.2) is 0 Å². The summed E-state index contributed by atoms with van der Waals surface area (Å²) in [7, 11) is 0. The van der Waals surface area contributed by atoms with Crippen LogP contribution < -0.4 is 10.6 Å². The van der Waals surface area contributed by atoms with Crippen LogP contribution in [0.1, 0.15) is 31.4 Å². The molecular formula is C15H18N4OS2. The van der Waals surface area contributed by atoms with E-state index in [2.05, 4.69) is 20.8 Å². The number of thioether (sulfide) groups is 1. The molecule has 1 aromatic carbocycles. The quantitative estimate of drug-likeness (QED) is 0.762. The summed E-state index contributed by atoms with van der Waals surface area (Å²) in [6, 6.07) is 10.5. The lowest BCUT2D eigenvalue weighted by atomic mass is 10.1. The Morgan fingerprint density at radius 1 is 1.36 bits per heavy atom. The van der Waals surface area contributed by atoms with Crippen LogP contribution in [0.5, 0.6) is 0 Å². The smallest absolute Gasteiger partial charge is 0.230 e. The van der Waals surface area contributed by atoms with Crippen molar-refractivity contribution in [1.29, 1.82) is 0 Å². The van der Waals surface area contributed by atoms with Crippen molar-refractivity contribution in [3.63, 3.8) is 0 Å². The highest BCUT2D eigenvalue weighted by atomic mass is 32.2. The van der Waals surface area contributed by atoms with Gasteiger partial charge in [0, 0.05) is 6.04 Å². The molecule has 1 atom stereocenters. The molecule has 1 heterocycles. The third-order valence-electron chi connectivity index (χ3n) is 3.32. The van der Waals surface area contributed by atoms with Crippen LogP contribution in [-0.4, -0.2) is 27.9 Å². The molecule has 1 saturated carbocycles. The van der Waals surface area contributed by atoms with Gasteiger partial charge in [-0.1, -0.05) is 53.4 Å². The van der Waals surface area contributed by atoms with E-state index in [1.807, 2.05) is 37.3 Å². The molecule has 0 bridgehead atoms. The van der Waals surface area contributed by atoms with E-state index in [0.717, 1.165) is 15.0 Å². The molecule has 1 aliphatic rings. The lowest BCUT2D eigenvalue weighted by Crippen LogP contribution is -2.28. The summed E-state index contributed by atoms with van der Waals surface area (Å²) in [6.07, 6.45) is 2.42. The average molecular weight is 334 g/mol. The van der Waals surface area contributed by atoms with Gasteiger partial charge in [-0.2, -0.15) is 0 Å². The predicted molar refractivity (Wildman–Crippen MR) is 90.3 cm³/mol. The first-order valence-electron chi connectivity index (χ1n) is 7.28. The molecule has 0 radical (unpaired) electrons. The van der Waals surface area contributed by atoms with Crippen molar-refractivity contribution in [3.8, 4) is 0 Å². The minimum Gasteiger partial charge on any atom is -0.357 e. The van der Waals surface area contributed by atoms with Gasteiger partial charge in [-0.15, -0.1) is 10.2 Å². The van der Waals surface area contributed by atoms with Gasteiger partial charge in [0.15, 0.2) is 4.34 Å². The molecule has 0 unspecified atom stereocenters. The van der Waals surface area contributed by atoms with Crippen LogP contribution in [-0.2, 0) is 4.79 Å². The van der Waals surface area contributed by atoms with Crippen LogP contribution in [0.25, 0.3) is 0 Å². The highest BCUT2D eigenvalue weighted by molar-refractivity contribution is 8.01. The van der Waals surface area contributed by atoms with E-state index >= 15 is 0 Å². The van der Waals surface area contributed by atoms with Crippen LogP contribution in [0, 0.1) is 0 Å². The molecule has 3 rings (SSSR count). The van der Waals surface area contributed by atoms with Crippen molar-refractivity contribution in [2.45, 2.75) is 36.2 Å². The van der Waals surface area contributed by atoms with Gasteiger partial charge in [0.05, 0.1) is 11.8 Å². The van der Waals surface area contributed by atoms with Gasteiger partial charge in [0.2, 0.25) is 11.0 Å². The lowest BCUT2D eigenvalue weighted by molar-refractivity contribution is -0.119. The summed E-state index contributed by atoms with van der Waals surface area (Å²) in [5.74, 6) is 0.364. The summed E-state index contributed by atoms with van der Waals surface area (Å²) < 4.78 is 0.825. The molecule has 2 N–H and O–H groups in total. The van der Waals surface area contributed by atoms with E-state index in [-0.39, 0.29) is 11.9 Å². The highest BCUT2D eigenvalue weighted by Gasteiger charge is 2.22. The summed E-state index contributed by atoms with van der Waals surface area (Å²) >= 11 is 2.93. The van der Waals surface area contributed by atoms with Crippen LogP contribution >= 0.6 is 23.1 Å². The van der Waals surface area contributed by atoms with Crippen LogP contribution in [0.4, 0.5) is 5.13 Å². The standard InChI is InChI=1S/C15H18N4OS2/c1-10(11-5-3-2-4-6-11)16-13(20)9-21-15-19-18-14(22-15)17-12-7-8-12/h2-6,10,12H,7-9H2,1H3,(H,16,20)(H,17,18)/t10-/m1/s1. The molecule has 0 aliphatic heterocycles. The zero-order valence-corrected chi connectivity index (χ0v) is 13.9. The van der Waals surface area contributed by atoms with Crippen molar-refractivity contribution < 1.29 is 4.79 Å². The minimum absolute atomic E-state index is 0.00764. The molecule has 7 heteroatoms. The van der Waals surface area contributed by atoms with E-state index in [9.17, 15) is 4.79 Å². The van der Waals surface area contributed by atoms with Crippen molar-refractivity contribution in [3.05, 3.63) is 35.9 Å². The fourth-order valence-corrected chi connectivity index (χ4v) is 3.60. The molecule has 1 fully saturated rings. The predicted octanol–water partition coefficient (Wildman–Crippen LogP) is 3.08. The summed E-state index contributed by atoms with van der Waals surface area (Å²) in [6.45, 7) is 1.99. The second-order valence-electron chi connectivity index (χ2n) is 5.28. The summed E-state index contributed by atoms with van der Waals surface area (Å²) in [5.41, 5.74) is 1.10. The van der Waals surface area contributed by atoms with Crippen molar-refractivity contribution >= 4 is 34.1 Å². The van der Waals surface area contributed by atoms with Crippen LogP contribution in [0.15, 0.2) is 34.7 Å². The van der Waals surface area contributed by atoms with Gasteiger partial charge in [0.1, 0.15) is 0 Å². The Morgan fingerprint density at radius 3 is 2.86 bits per heavy atom. The fraction of sp³-hybridized carbons (Fsp3) is 0.400. The van der Waals surface area contributed by atoms with Crippen LogP contribution in [0.3, 0.4) is 0 Å². The highest BCUT2D eigenvalue weighted by Crippen LogP contribution is 2.30. The third kappa shape index (κ3) is 4.45. The Morgan fingerprint density at radius 2 is 2.14 bits per heavy atom. The van der Waals surface area contributed by atoms with Gasteiger partial charge in [0.25, 0.3) is 0 Å². The van der Waals surface area contributed by atoms with Crippen LogP contribution in [0.2, 0.25) is 0 Å². The Hall–Kier alpha value is -1.60. The van der Waals surface area contributed by atoms with E-state index in [1.165, 1.54) is 35.9 Å². The maximum absolute atomic E-state index is 12.0. The molecule has 22 heavy (non-hydrogen) atoms. The van der Waals surface area contributed by atoms with E-state index in [1.54, 1.807) is 0 Å². The Kier molecular flexibility index (Phi) is 4.94. The van der Waals surface area contributed by atoms with E-state index < -0.39 is 0 Å². The zero-order valence-electron chi connectivity index (χ0n) is 12.3. The number of nitrogens with one attached hydrogen (secondary N) is 2. The molecule has 1 amide bonds. The van der Waals surface area contributed by atoms with Crippen molar-refractivity contribution in [2.24, 2.45) is 0 Å². The number of anilines is 1. The lowest BCUT2D eigenvalue weighted by Gasteiger charge is -2.13. The van der Waals surface area contributed by atoms with Gasteiger partial charge in [-0.05, 0) is 25.3 Å². The molecule has 116 valence electrons. The Labute approximate surface area is 137 Å². The molecular weight excluding hydrogens is 316 g/mol. The van der Waals surface area contributed by atoms with Crippen molar-refractivity contribution in [1.82, 2.24) is 15.5 Å². The molecule has 0 spiro atoms. The molecule has 1 aromatic heterocycles. The number of aromatic nitrogens is 2. The Balaban J connectivity index is 1.44. The number of benzene rings is 1. The Bertz CT molecular complexity index is 627. The summed E-state index contributed by atoms with van der Waals surface area (Å²) in [4.78, 5) is 12.0. The number of amides is 1. The SMILES string of the molecule is C[C@@H](NC(=O)CSc1nnc(NC2CC2)s1)c1ccccc1. The van der Waals surface area contributed by atoms with E-state index in [4.69, 9.17) is 0 Å². The van der Waals surface area contributed by atoms with E-state index in [0.29, 0.717) is 11.8 Å². The van der Waals surface area contributed by atoms with Gasteiger partial charge >= 0.3 is 0 Å². The molecule has 1 aliphatic carbocycles. The second kappa shape index (κ2) is 7.11. The van der Waals surface area contributed by atoms with Crippen molar-refractivity contribution in [2.75, 3.05) is 11.1 Å². The number of carbonyl (C=O) groups is 1. The second-order valence-corrected chi connectivity index (χ2v) is 7.48. The average Bonchev–Trinajstić information content (AvgIpc) is 3.23. The number of nitrogens with zero attached hydrogens (tertiary/aromatic N) is 2. The largest absolute Gasteiger partial charge is 0.357 e. The number of hydrogen-bond donors (Lipinski definition) is 2. The first kappa shape index (κ1) is 15.3. The topological polar surface area (TPSA) is 66.9 Å². The minimum atomic E-state index is 0.00764.